The molecule has 112 valence electrons. The minimum atomic E-state index is 0.507. The molecule has 0 bridgehead atoms. The molecule has 2 aliphatic rings. The molecule has 0 aromatic carbocycles. The molecule has 1 saturated heterocycles. The lowest BCUT2D eigenvalue weighted by atomic mass is 9.92. The molecule has 2 heterocycles. The zero-order valence-corrected chi connectivity index (χ0v) is 12.9. The zero-order chi connectivity index (χ0) is 13.9. The van der Waals surface area contributed by atoms with Crippen molar-refractivity contribution in [1.29, 1.82) is 0 Å². The van der Waals surface area contributed by atoms with Gasteiger partial charge in [-0.2, -0.15) is 5.10 Å². The number of rotatable bonds is 4. The summed E-state index contributed by atoms with van der Waals surface area (Å²) >= 11 is 0. The van der Waals surface area contributed by atoms with Gasteiger partial charge in [-0.1, -0.05) is 6.42 Å². The summed E-state index contributed by atoms with van der Waals surface area (Å²) in [6.45, 7) is 6.09. The van der Waals surface area contributed by atoms with Crippen molar-refractivity contribution in [2.24, 2.45) is 7.05 Å². The van der Waals surface area contributed by atoms with Gasteiger partial charge in [-0.25, -0.2) is 0 Å². The molecule has 1 aliphatic carbocycles. The summed E-state index contributed by atoms with van der Waals surface area (Å²) in [4.78, 5) is 2.62. The highest BCUT2D eigenvalue weighted by Gasteiger charge is 2.25. The van der Waals surface area contributed by atoms with Crippen LogP contribution >= 0.6 is 0 Å². The summed E-state index contributed by atoms with van der Waals surface area (Å²) in [7, 11) is 2.07. The average Bonchev–Trinajstić information content (AvgIpc) is 2.83. The largest absolute Gasteiger partial charge is 0.306 e. The third-order valence-electron chi connectivity index (χ3n) is 4.84. The van der Waals surface area contributed by atoms with Gasteiger partial charge >= 0.3 is 0 Å². The molecule has 0 saturated carbocycles. The van der Waals surface area contributed by atoms with E-state index < -0.39 is 0 Å². The van der Waals surface area contributed by atoms with Gasteiger partial charge in [0.25, 0.3) is 0 Å². The van der Waals surface area contributed by atoms with Gasteiger partial charge in [-0.15, -0.1) is 0 Å². The molecule has 0 spiro atoms. The summed E-state index contributed by atoms with van der Waals surface area (Å²) in [5, 5.41) is 8.28. The quantitative estimate of drug-likeness (QED) is 0.916. The van der Waals surface area contributed by atoms with E-state index in [-0.39, 0.29) is 0 Å². The van der Waals surface area contributed by atoms with Crippen molar-refractivity contribution in [3.05, 3.63) is 17.5 Å². The standard InChI is InChI=1S/C16H28N4/c1-13(12-20-9-4-3-5-10-20)18-15-7-6-8-16-14(15)11-17-19(16)2/h11,13,15,18H,3-10,12H2,1-2H3. The topological polar surface area (TPSA) is 33.1 Å². The van der Waals surface area contributed by atoms with Crippen LogP contribution in [-0.2, 0) is 13.5 Å². The summed E-state index contributed by atoms with van der Waals surface area (Å²) in [5.74, 6) is 0. The number of nitrogens with zero attached hydrogens (tertiary/aromatic N) is 3. The fourth-order valence-corrected chi connectivity index (χ4v) is 3.80. The van der Waals surface area contributed by atoms with Crippen LogP contribution in [0, 0.1) is 0 Å². The molecule has 20 heavy (non-hydrogen) atoms. The Hall–Kier alpha value is -0.870. The molecule has 3 rings (SSSR count). The molecule has 2 atom stereocenters. The van der Waals surface area contributed by atoms with Gasteiger partial charge in [0.2, 0.25) is 0 Å². The van der Waals surface area contributed by atoms with Crippen molar-refractivity contribution in [1.82, 2.24) is 20.0 Å². The van der Waals surface area contributed by atoms with Gasteiger partial charge in [-0.3, -0.25) is 4.68 Å². The molecule has 4 heteroatoms. The van der Waals surface area contributed by atoms with E-state index in [0.717, 1.165) is 0 Å². The molecule has 1 N–H and O–H groups in total. The Morgan fingerprint density at radius 1 is 1.30 bits per heavy atom. The van der Waals surface area contributed by atoms with E-state index in [9.17, 15) is 0 Å². The highest BCUT2D eigenvalue weighted by Crippen LogP contribution is 2.29. The van der Waals surface area contributed by atoms with Crippen LogP contribution in [0.4, 0.5) is 0 Å². The third-order valence-corrected chi connectivity index (χ3v) is 4.84. The molecule has 1 aliphatic heterocycles. The second-order valence-electron chi connectivity index (χ2n) is 6.54. The van der Waals surface area contributed by atoms with Crippen LogP contribution in [0.15, 0.2) is 6.20 Å². The van der Waals surface area contributed by atoms with E-state index in [2.05, 4.69) is 40.2 Å². The monoisotopic (exact) mass is 276 g/mol. The van der Waals surface area contributed by atoms with Crippen LogP contribution < -0.4 is 5.32 Å². The zero-order valence-electron chi connectivity index (χ0n) is 12.9. The first-order valence-corrected chi connectivity index (χ1v) is 8.23. The number of nitrogens with one attached hydrogen (secondary N) is 1. The summed E-state index contributed by atoms with van der Waals surface area (Å²) in [6, 6.07) is 1.07. The number of aromatic nitrogens is 2. The molecule has 1 aromatic heterocycles. The minimum absolute atomic E-state index is 0.507. The lowest BCUT2D eigenvalue weighted by Gasteiger charge is -2.32. The van der Waals surface area contributed by atoms with E-state index in [1.54, 1.807) is 0 Å². The van der Waals surface area contributed by atoms with E-state index in [1.807, 2.05) is 0 Å². The number of hydrogen-bond donors (Lipinski definition) is 1. The lowest BCUT2D eigenvalue weighted by molar-refractivity contribution is 0.202. The minimum Gasteiger partial charge on any atom is -0.306 e. The second-order valence-corrected chi connectivity index (χ2v) is 6.54. The summed E-state index contributed by atoms with van der Waals surface area (Å²) in [6.07, 6.45) is 9.96. The van der Waals surface area contributed by atoms with Crippen LogP contribution in [-0.4, -0.2) is 40.4 Å². The fourth-order valence-electron chi connectivity index (χ4n) is 3.80. The van der Waals surface area contributed by atoms with Gasteiger partial charge in [0, 0.05) is 36.9 Å². The highest BCUT2D eigenvalue weighted by molar-refractivity contribution is 5.24. The first kappa shape index (κ1) is 14.1. The molecule has 0 radical (unpaired) electrons. The SMILES string of the molecule is CC(CN1CCCCC1)NC1CCCc2c1cnn2C. The van der Waals surface area contributed by atoms with E-state index in [1.165, 1.54) is 69.4 Å². The predicted molar refractivity (Wildman–Crippen MR) is 81.8 cm³/mol. The average molecular weight is 276 g/mol. The Balaban J connectivity index is 1.57. The van der Waals surface area contributed by atoms with E-state index >= 15 is 0 Å². The third kappa shape index (κ3) is 3.07. The van der Waals surface area contributed by atoms with Crippen molar-refractivity contribution >= 4 is 0 Å². The molecule has 1 aromatic rings. The van der Waals surface area contributed by atoms with Crippen LogP contribution in [0.2, 0.25) is 0 Å². The maximum Gasteiger partial charge on any atom is 0.0540 e. The molecule has 1 fully saturated rings. The van der Waals surface area contributed by atoms with Gasteiger partial charge in [0.1, 0.15) is 0 Å². The van der Waals surface area contributed by atoms with E-state index in [0.29, 0.717) is 12.1 Å². The molecular formula is C16H28N4. The van der Waals surface area contributed by atoms with Crippen LogP contribution in [0.5, 0.6) is 0 Å². The number of fused-ring (bicyclic) bond motifs is 1. The number of aryl methyl sites for hydroxylation is 1. The van der Waals surface area contributed by atoms with Crippen molar-refractivity contribution in [2.75, 3.05) is 19.6 Å². The maximum atomic E-state index is 4.44. The normalized spacial score (nSPS) is 25.4. The number of hydrogen-bond acceptors (Lipinski definition) is 3. The van der Waals surface area contributed by atoms with Crippen molar-refractivity contribution in [3.8, 4) is 0 Å². The van der Waals surface area contributed by atoms with Gasteiger partial charge in [-0.05, 0) is 52.1 Å². The van der Waals surface area contributed by atoms with Gasteiger partial charge in [0.05, 0.1) is 6.20 Å². The first-order chi connectivity index (χ1) is 9.74. The Bertz CT molecular complexity index is 434. The smallest absolute Gasteiger partial charge is 0.0540 e. The van der Waals surface area contributed by atoms with E-state index in [4.69, 9.17) is 0 Å². The lowest BCUT2D eigenvalue weighted by Crippen LogP contribution is -2.43. The molecule has 4 nitrogen and oxygen atoms in total. The molecule has 2 unspecified atom stereocenters. The predicted octanol–water partition coefficient (Wildman–Crippen LogP) is 2.26. The number of piperidine rings is 1. The maximum absolute atomic E-state index is 4.44. The Morgan fingerprint density at radius 3 is 2.90 bits per heavy atom. The molecule has 0 amide bonds. The highest BCUT2D eigenvalue weighted by atomic mass is 15.3. The molecular weight excluding hydrogens is 248 g/mol. The second kappa shape index (κ2) is 6.27. The summed E-state index contributed by atoms with van der Waals surface area (Å²) < 4.78 is 2.05. The number of likely N-dealkylation sites (tertiary alicyclic amines) is 1. The Kier molecular flexibility index (Phi) is 4.41. The Morgan fingerprint density at radius 2 is 2.10 bits per heavy atom. The summed E-state index contributed by atoms with van der Waals surface area (Å²) in [5.41, 5.74) is 2.86. The van der Waals surface area contributed by atoms with Crippen LogP contribution in [0.3, 0.4) is 0 Å². The van der Waals surface area contributed by atoms with Crippen LogP contribution in [0.25, 0.3) is 0 Å². The Labute approximate surface area is 122 Å². The van der Waals surface area contributed by atoms with Crippen molar-refractivity contribution in [2.45, 2.75) is 57.5 Å². The van der Waals surface area contributed by atoms with Crippen LogP contribution in [0.1, 0.15) is 56.3 Å². The van der Waals surface area contributed by atoms with Gasteiger partial charge < -0.3 is 10.2 Å². The van der Waals surface area contributed by atoms with Crippen molar-refractivity contribution < 1.29 is 0 Å². The van der Waals surface area contributed by atoms with Gasteiger partial charge in [0.15, 0.2) is 0 Å². The first-order valence-electron chi connectivity index (χ1n) is 8.23. The van der Waals surface area contributed by atoms with Crippen molar-refractivity contribution in [3.63, 3.8) is 0 Å². The fraction of sp³-hybridized carbons (Fsp3) is 0.812.